The topological polar surface area (TPSA) is 49.3 Å². The predicted octanol–water partition coefficient (Wildman–Crippen LogP) is 3.63. The number of aliphatic hydroxyl groups is 1. The van der Waals surface area contributed by atoms with Gasteiger partial charge in [0.05, 0.1) is 11.7 Å². The van der Waals surface area contributed by atoms with Crippen LogP contribution in [0.15, 0.2) is 48.5 Å². The Kier molecular flexibility index (Phi) is 6.14. The molecular weight excluding hydrogens is 338 g/mol. The van der Waals surface area contributed by atoms with Crippen LogP contribution in [0.2, 0.25) is 0 Å². The van der Waals surface area contributed by atoms with E-state index in [9.17, 15) is 27.5 Å². The summed E-state index contributed by atoms with van der Waals surface area (Å²) in [6.45, 7) is -0.137. The van der Waals surface area contributed by atoms with Crippen molar-refractivity contribution in [3.63, 3.8) is 0 Å². The second-order valence-corrected chi connectivity index (χ2v) is 5.53. The van der Waals surface area contributed by atoms with Crippen molar-refractivity contribution in [2.45, 2.75) is 25.1 Å². The summed E-state index contributed by atoms with van der Waals surface area (Å²) >= 11 is 0. The molecule has 0 aliphatic carbocycles. The zero-order chi connectivity index (χ0) is 18.4. The van der Waals surface area contributed by atoms with E-state index in [1.165, 1.54) is 18.2 Å². The molecule has 2 rings (SSSR count). The summed E-state index contributed by atoms with van der Waals surface area (Å²) in [6.07, 6.45) is -5.31. The largest absolute Gasteiger partial charge is 0.416 e. The Morgan fingerprint density at radius 2 is 1.72 bits per heavy atom. The van der Waals surface area contributed by atoms with Crippen LogP contribution >= 0.6 is 0 Å². The first-order chi connectivity index (χ1) is 11.8. The fourth-order valence-corrected chi connectivity index (χ4v) is 2.26. The smallest absolute Gasteiger partial charge is 0.387 e. The van der Waals surface area contributed by atoms with E-state index in [1.54, 1.807) is 18.2 Å². The number of amides is 1. The molecule has 0 aliphatic rings. The highest BCUT2D eigenvalue weighted by Gasteiger charge is 2.30. The van der Waals surface area contributed by atoms with E-state index in [0.29, 0.717) is 5.56 Å². The first-order valence-corrected chi connectivity index (χ1v) is 7.62. The number of nitrogens with one attached hydrogen (secondary N) is 1. The predicted molar refractivity (Wildman–Crippen MR) is 84.1 cm³/mol. The van der Waals surface area contributed by atoms with E-state index in [4.69, 9.17) is 0 Å². The maximum Gasteiger partial charge on any atom is 0.416 e. The molecule has 0 fully saturated rings. The maximum atomic E-state index is 13.4. The van der Waals surface area contributed by atoms with Crippen LogP contribution in [0.1, 0.15) is 29.2 Å². The van der Waals surface area contributed by atoms with Crippen LogP contribution in [0.25, 0.3) is 0 Å². The average Bonchev–Trinajstić information content (AvgIpc) is 2.58. The minimum Gasteiger partial charge on any atom is -0.387 e. The molecular formula is C18H17F4NO2. The van der Waals surface area contributed by atoms with Crippen molar-refractivity contribution in [2.24, 2.45) is 0 Å². The summed E-state index contributed by atoms with van der Waals surface area (Å²) in [4.78, 5) is 11.8. The number of benzene rings is 2. The van der Waals surface area contributed by atoms with Crippen molar-refractivity contribution in [2.75, 3.05) is 6.54 Å². The molecule has 1 amide bonds. The van der Waals surface area contributed by atoms with Gasteiger partial charge in [-0.25, -0.2) is 4.39 Å². The van der Waals surface area contributed by atoms with Gasteiger partial charge in [-0.05, 0) is 35.7 Å². The monoisotopic (exact) mass is 355 g/mol. The Bertz CT molecular complexity index is 714. The van der Waals surface area contributed by atoms with E-state index in [0.717, 1.165) is 12.1 Å². The first-order valence-electron chi connectivity index (χ1n) is 7.62. The number of carbonyl (C=O) groups excluding carboxylic acids is 1. The van der Waals surface area contributed by atoms with Crippen LogP contribution in [0.5, 0.6) is 0 Å². The van der Waals surface area contributed by atoms with Gasteiger partial charge >= 0.3 is 6.18 Å². The Morgan fingerprint density at radius 1 is 1.08 bits per heavy atom. The van der Waals surface area contributed by atoms with E-state index in [1.807, 2.05) is 0 Å². The molecule has 0 saturated carbocycles. The lowest BCUT2D eigenvalue weighted by Crippen LogP contribution is -2.28. The van der Waals surface area contributed by atoms with Gasteiger partial charge in [0.1, 0.15) is 5.82 Å². The molecule has 0 spiro atoms. The number of carbonyl (C=O) groups is 1. The van der Waals surface area contributed by atoms with Crippen molar-refractivity contribution >= 4 is 5.91 Å². The quantitative estimate of drug-likeness (QED) is 0.778. The lowest BCUT2D eigenvalue weighted by atomic mass is 10.1. The van der Waals surface area contributed by atoms with Crippen LogP contribution in [0, 0.1) is 5.82 Å². The third-order valence-corrected chi connectivity index (χ3v) is 3.69. The normalized spacial score (nSPS) is 12.7. The SMILES string of the molecule is O=C(CCc1ccccc1F)NC[C@H](O)c1ccc(C(F)(F)F)cc1. The summed E-state index contributed by atoms with van der Waals surface area (Å²) in [5.41, 5.74) is -0.124. The van der Waals surface area contributed by atoms with Gasteiger partial charge in [-0.1, -0.05) is 30.3 Å². The van der Waals surface area contributed by atoms with Crippen LogP contribution in [0.4, 0.5) is 17.6 Å². The molecule has 2 aromatic rings. The summed E-state index contributed by atoms with van der Waals surface area (Å²) < 4.78 is 50.9. The van der Waals surface area contributed by atoms with Crippen molar-refractivity contribution in [1.29, 1.82) is 0 Å². The van der Waals surface area contributed by atoms with Gasteiger partial charge in [0.15, 0.2) is 0 Å². The van der Waals surface area contributed by atoms with Gasteiger partial charge in [0.25, 0.3) is 0 Å². The number of rotatable bonds is 6. The highest BCUT2D eigenvalue weighted by molar-refractivity contribution is 5.76. The molecule has 3 nitrogen and oxygen atoms in total. The van der Waals surface area contributed by atoms with E-state index >= 15 is 0 Å². The molecule has 0 saturated heterocycles. The van der Waals surface area contributed by atoms with E-state index in [2.05, 4.69) is 5.32 Å². The van der Waals surface area contributed by atoms with Gasteiger partial charge in [0.2, 0.25) is 5.91 Å². The van der Waals surface area contributed by atoms with Gasteiger partial charge in [-0.2, -0.15) is 13.2 Å². The summed E-state index contributed by atoms with van der Waals surface area (Å²) in [5, 5.41) is 12.4. The third kappa shape index (κ3) is 5.56. The Morgan fingerprint density at radius 3 is 2.32 bits per heavy atom. The zero-order valence-electron chi connectivity index (χ0n) is 13.2. The first kappa shape index (κ1) is 18.9. The summed E-state index contributed by atoms with van der Waals surface area (Å²) in [6, 6.07) is 10.2. The van der Waals surface area contributed by atoms with E-state index < -0.39 is 17.8 Å². The fourth-order valence-electron chi connectivity index (χ4n) is 2.26. The third-order valence-electron chi connectivity index (χ3n) is 3.69. The van der Waals surface area contributed by atoms with Crippen LogP contribution in [-0.2, 0) is 17.4 Å². The van der Waals surface area contributed by atoms with Crippen molar-refractivity contribution < 1.29 is 27.5 Å². The second kappa shape index (κ2) is 8.11. The van der Waals surface area contributed by atoms with Gasteiger partial charge in [0, 0.05) is 13.0 Å². The maximum absolute atomic E-state index is 13.4. The van der Waals surface area contributed by atoms with E-state index in [-0.39, 0.29) is 36.7 Å². The van der Waals surface area contributed by atoms with Crippen LogP contribution < -0.4 is 5.32 Å². The lowest BCUT2D eigenvalue weighted by Gasteiger charge is -2.14. The number of alkyl halides is 3. The molecule has 25 heavy (non-hydrogen) atoms. The molecule has 2 aromatic carbocycles. The molecule has 0 aliphatic heterocycles. The Hall–Kier alpha value is -2.41. The minimum absolute atomic E-state index is 0.0423. The summed E-state index contributed by atoms with van der Waals surface area (Å²) in [7, 11) is 0. The average molecular weight is 355 g/mol. The highest BCUT2D eigenvalue weighted by Crippen LogP contribution is 2.29. The standard InChI is InChI=1S/C18H17F4NO2/c19-15-4-2-1-3-12(15)7-10-17(25)23-11-16(24)13-5-8-14(9-6-13)18(20,21)22/h1-6,8-9,16,24H,7,10-11H2,(H,23,25)/t16-/m0/s1. The lowest BCUT2D eigenvalue weighted by molar-refractivity contribution is -0.137. The summed E-state index contributed by atoms with van der Waals surface area (Å²) in [5.74, 6) is -0.769. The number of hydrogen-bond acceptors (Lipinski definition) is 2. The number of aryl methyl sites for hydroxylation is 1. The van der Waals surface area contributed by atoms with Gasteiger partial charge < -0.3 is 10.4 Å². The van der Waals surface area contributed by atoms with Gasteiger partial charge in [-0.15, -0.1) is 0 Å². The van der Waals surface area contributed by atoms with Crippen molar-refractivity contribution in [3.05, 3.63) is 71.0 Å². The molecule has 7 heteroatoms. The molecule has 134 valence electrons. The minimum atomic E-state index is -4.44. The zero-order valence-corrected chi connectivity index (χ0v) is 13.2. The fraction of sp³-hybridized carbons (Fsp3) is 0.278. The Balaban J connectivity index is 1.82. The molecule has 0 heterocycles. The molecule has 2 N–H and O–H groups in total. The molecule has 1 atom stereocenters. The van der Waals surface area contributed by atoms with Crippen LogP contribution in [0.3, 0.4) is 0 Å². The molecule has 0 bridgehead atoms. The van der Waals surface area contributed by atoms with Crippen LogP contribution in [-0.4, -0.2) is 17.6 Å². The molecule has 0 aromatic heterocycles. The molecule has 0 radical (unpaired) electrons. The van der Waals surface area contributed by atoms with Crippen molar-refractivity contribution in [3.8, 4) is 0 Å². The number of hydrogen-bond donors (Lipinski definition) is 2. The Labute approximate surface area is 142 Å². The number of aliphatic hydroxyl groups excluding tert-OH is 1. The molecule has 0 unspecified atom stereocenters. The second-order valence-electron chi connectivity index (χ2n) is 5.53. The highest BCUT2D eigenvalue weighted by atomic mass is 19.4. The number of halogens is 4. The van der Waals surface area contributed by atoms with Crippen molar-refractivity contribution in [1.82, 2.24) is 5.32 Å². The van der Waals surface area contributed by atoms with Gasteiger partial charge in [-0.3, -0.25) is 4.79 Å².